The van der Waals surface area contributed by atoms with Gasteiger partial charge in [0.2, 0.25) is 5.91 Å². The number of halogens is 1. The number of carbonyl (C=O) groups excluding carboxylic acids is 1. The second kappa shape index (κ2) is 9.19. The van der Waals surface area contributed by atoms with E-state index in [1.54, 1.807) is 0 Å². The van der Waals surface area contributed by atoms with Gasteiger partial charge in [-0.1, -0.05) is 29.8 Å². The van der Waals surface area contributed by atoms with E-state index in [1.807, 2.05) is 43.7 Å². The summed E-state index contributed by atoms with van der Waals surface area (Å²) in [6.07, 6.45) is 7.74. The van der Waals surface area contributed by atoms with Gasteiger partial charge in [0.25, 0.3) is 0 Å². The monoisotopic (exact) mass is 374 g/mol. The van der Waals surface area contributed by atoms with E-state index in [2.05, 4.69) is 19.8 Å². The summed E-state index contributed by atoms with van der Waals surface area (Å²) >= 11 is 6.13. The molecule has 2 heterocycles. The zero-order valence-electron chi connectivity index (χ0n) is 15.3. The first-order valence-electron chi connectivity index (χ1n) is 9.30. The lowest BCUT2D eigenvalue weighted by molar-refractivity contribution is -0.121. The molecule has 3 rings (SSSR count). The zero-order valence-corrected chi connectivity index (χ0v) is 16.1. The van der Waals surface area contributed by atoms with Gasteiger partial charge in [0.05, 0.1) is 6.54 Å². The molecule has 0 aliphatic carbocycles. The molecule has 1 saturated heterocycles. The van der Waals surface area contributed by atoms with Crippen LogP contribution in [-0.2, 0) is 24.9 Å². The fourth-order valence-corrected chi connectivity index (χ4v) is 3.74. The number of piperidine rings is 1. The van der Waals surface area contributed by atoms with E-state index < -0.39 is 0 Å². The van der Waals surface area contributed by atoms with E-state index in [4.69, 9.17) is 11.6 Å². The Kier molecular flexibility index (Phi) is 6.69. The van der Waals surface area contributed by atoms with Crippen LogP contribution in [0, 0.1) is 5.92 Å². The van der Waals surface area contributed by atoms with Gasteiger partial charge in [0.15, 0.2) is 0 Å². The maximum Gasteiger partial charge on any atom is 0.220 e. The number of benzene rings is 1. The minimum absolute atomic E-state index is 0.103. The molecule has 1 amide bonds. The molecule has 1 atom stereocenters. The Morgan fingerprint density at radius 1 is 1.38 bits per heavy atom. The molecular formula is C20H27ClN4O. The smallest absolute Gasteiger partial charge is 0.220 e. The van der Waals surface area contributed by atoms with E-state index in [0.29, 0.717) is 23.9 Å². The summed E-state index contributed by atoms with van der Waals surface area (Å²) in [7, 11) is 2.03. The van der Waals surface area contributed by atoms with Crippen LogP contribution in [0.4, 0.5) is 0 Å². The third-order valence-electron chi connectivity index (χ3n) is 5.10. The van der Waals surface area contributed by atoms with E-state index in [0.717, 1.165) is 37.4 Å². The second-order valence-corrected chi connectivity index (χ2v) is 7.51. The highest BCUT2D eigenvalue weighted by Gasteiger charge is 2.21. The molecule has 0 radical (unpaired) electrons. The maximum atomic E-state index is 12.2. The lowest BCUT2D eigenvalue weighted by Gasteiger charge is -2.32. The van der Waals surface area contributed by atoms with Gasteiger partial charge < -0.3 is 9.88 Å². The molecule has 0 saturated carbocycles. The van der Waals surface area contributed by atoms with Crippen molar-refractivity contribution in [1.82, 2.24) is 19.8 Å². The second-order valence-electron chi connectivity index (χ2n) is 7.10. The third kappa shape index (κ3) is 5.32. The first-order valence-corrected chi connectivity index (χ1v) is 9.68. The molecular weight excluding hydrogens is 348 g/mol. The van der Waals surface area contributed by atoms with Gasteiger partial charge in [-0.15, -0.1) is 0 Å². The topological polar surface area (TPSA) is 50.2 Å². The minimum Gasteiger partial charge on any atom is -0.352 e. The number of likely N-dealkylation sites (tertiary alicyclic amines) is 1. The standard InChI is InChI=1S/C20H27ClN4O/c1-24-12-10-22-19(24)15-25-11-4-5-16(14-25)8-9-20(26)23-13-17-6-2-3-7-18(17)21/h2-3,6-7,10,12,16H,4-5,8-9,11,13-15H2,1H3,(H,23,26)/t16-/m0/s1. The highest BCUT2D eigenvalue weighted by molar-refractivity contribution is 6.31. The van der Waals surface area contributed by atoms with Crippen LogP contribution in [0.3, 0.4) is 0 Å². The number of nitrogens with one attached hydrogen (secondary N) is 1. The van der Waals surface area contributed by atoms with Gasteiger partial charge in [-0.05, 0) is 43.4 Å². The van der Waals surface area contributed by atoms with Crippen molar-refractivity contribution in [3.8, 4) is 0 Å². The molecule has 140 valence electrons. The fourth-order valence-electron chi connectivity index (χ4n) is 3.54. The van der Waals surface area contributed by atoms with Crippen molar-refractivity contribution in [2.24, 2.45) is 13.0 Å². The van der Waals surface area contributed by atoms with Crippen LogP contribution in [0.15, 0.2) is 36.7 Å². The van der Waals surface area contributed by atoms with Gasteiger partial charge in [0, 0.05) is 44.0 Å². The fraction of sp³-hybridized carbons (Fsp3) is 0.500. The number of imidazole rings is 1. The van der Waals surface area contributed by atoms with Crippen molar-refractivity contribution in [2.75, 3.05) is 13.1 Å². The van der Waals surface area contributed by atoms with Gasteiger partial charge >= 0.3 is 0 Å². The largest absolute Gasteiger partial charge is 0.352 e. The Bertz CT molecular complexity index is 730. The van der Waals surface area contributed by atoms with Crippen molar-refractivity contribution in [3.63, 3.8) is 0 Å². The first kappa shape index (κ1) is 18.9. The van der Waals surface area contributed by atoms with Gasteiger partial charge in [-0.3, -0.25) is 9.69 Å². The van der Waals surface area contributed by atoms with Crippen LogP contribution < -0.4 is 5.32 Å². The SMILES string of the molecule is Cn1ccnc1CN1CCC[C@@H](CCC(=O)NCc2ccccc2Cl)C1. The van der Waals surface area contributed by atoms with Crippen molar-refractivity contribution in [1.29, 1.82) is 0 Å². The Hall–Kier alpha value is -1.85. The van der Waals surface area contributed by atoms with E-state index in [9.17, 15) is 4.79 Å². The number of hydrogen-bond acceptors (Lipinski definition) is 3. The van der Waals surface area contributed by atoms with Gasteiger partial charge in [-0.2, -0.15) is 0 Å². The Balaban J connectivity index is 1.40. The van der Waals surface area contributed by atoms with Crippen LogP contribution >= 0.6 is 11.6 Å². The summed E-state index contributed by atoms with van der Waals surface area (Å²) in [5.41, 5.74) is 0.960. The summed E-state index contributed by atoms with van der Waals surface area (Å²) in [5, 5.41) is 3.68. The number of amides is 1. The molecule has 1 aliphatic heterocycles. The molecule has 1 aromatic heterocycles. The average Bonchev–Trinajstić information content (AvgIpc) is 3.04. The molecule has 1 aromatic carbocycles. The Morgan fingerprint density at radius 2 is 2.23 bits per heavy atom. The maximum absolute atomic E-state index is 12.2. The minimum atomic E-state index is 0.103. The quantitative estimate of drug-likeness (QED) is 0.808. The summed E-state index contributed by atoms with van der Waals surface area (Å²) in [6.45, 7) is 3.54. The molecule has 0 bridgehead atoms. The Labute approximate surface area is 160 Å². The van der Waals surface area contributed by atoms with E-state index >= 15 is 0 Å². The number of nitrogens with zero attached hydrogens (tertiary/aromatic N) is 3. The average molecular weight is 375 g/mol. The summed E-state index contributed by atoms with van der Waals surface area (Å²) < 4.78 is 2.08. The van der Waals surface area contributed by atoms with Crippen molar-refractivity contribution >= 4 is 17.5 Å². The third-order valence-corrected chi connectivity index (χ3v) is 5.47. The normalized spacial score (nSPS) is 18.0. The van der Waals surface area contributed by atoms with Crippen LogP contribution in [-0.4, -0.2) is 33.4 Å². The zero-order chi connectivity index (χ0) is 18.4. The predicted molar refractivity (Wildman–Crippen MR) is 104 cm³/mol. The molecule has 1 aliphatic rings. The van der Waals surface area contributed by atoms with Gasteiger partial charge in [-0.25, -0.2) is 4.98 Å². The van der Waals surface area contributed by atoms with Crippen LogP contribution in [0.1, 0.15) is 37.1 Å². The molecule has 6 heteroatoms. The molecule has 26 heavy (non-hydrogen) atoms. The van der Waals surface area contributed by atoms with Crippen molar-refractivity contribution in [3.05, 3.63) is 53.1 Å². The highest BCUT2D eigenvalue weighted by Crippen LogP contribution is 2.22. The molecule has 1 fully saturated rings. The Morgan fingerprint density at radius 3 is 3.00 bits per heavy atom. The molecule has 0 unspecified atom stereocenters. The van der Waals surface area contributed by atoms with Crippen LogP contribution in [0.25, 0.3) is 0 Å². The predicted octanol–water partition coefficient (Wildman–Crippen LogP) is 3.38. The first-order chi connectivity index (χ1) is 12.6. The number of rotatable bonds is 7. The lowest BCUT2D eigenvalue weighted by Crippen LogP contribution is -2.36. The number of aryl methyl sites for hydroxylation is 1. The molecule has 0 spiro atoms. The number of carbonyl (C=O) groups is 1. The number of hydrogen-bond donors (Lipinski definition) is 1. The van der Waals surface area contributed by atoms with Gasteiger partial charge in [0.1, 0.15) is 5.82 Å². The molecule has 1 N–H and O–H groups in total. The van der Waals surface area contributed by atoms with Crippen molar-refractivity contribution < 1.29 is 4.79 Å². The van der Waals surface area contributed by atoms with Crippen LogP contribution in [0.2, 0.25) is 5.02 Å². The van der Waals surface area contributed by atoms with E-state index in [-0.39, 0.29) is 5.91 Å². The number of aromatic nitrogens is 2. The summed E-state index contributed by atoms with van der Waals surface area (Å²) in [5.74, 6) is 1.78. The lowest BCUT2D eigenvalue weighted by atomic mass is 9.93. The molecule has 5 nitrogen and oxygen atoms in total. The molecule has 2 aromatic rings. The summed E-state index contributed by atoms with van der Waals surface area (Å²) in [4.78, 5) is 19.0. The van der Waals surface area contributed by atoms with E-state index in [1.165, 1.54) is 12.8 Å². The van der Waals surface area contributed by atoms with Crippen molar-refractivity contribution in [2.45, 2.75) is 38.8 Å². The van der Waals surface area contributed by atoms with Crippen LogP contribution in [0.5, 0.6) is 0 Å². The summed E-state index contributed by atoms with van der Waals surface area (Å²) in [6, 6.07) is 7.62. The highest BCUT2D eigenvalue weighted by atomic mass is 35.5.